The molecule has 2 aliphatic rings. The molecule has 2 aliphatic heterocycles. The standard InChI is InChI=1S/C26H46N3O/c1-3-4-10-20-29-21-11-8-17-25(29)23-26(28(29)2)30-22-12-9-18-27-19-13-16-24-14-6-5-7-15-24/h5-7,14-15,25-27H,3-4,8-13,16-23H2,1-2H3/q+1. The summed E-state index contributed by atoms with van der Waals surface area (Å²) in [6, 6.07) is 11.6. The number of unbranched alkanes of at least 4 members (excludes halogenated alkanes) is 3. The minimum absolute atomic E-state index is 0.327. The van der Waals surface area contributed by atoms with Crippen molar-refractivity contribution >= 4 is 0 Å². The first-order valence-electron chi connectivity index (χ1n) is 12.7. The van der Waals surface area contributed by atoms with Crippen LogP contribution in [0, 0.1) is 0 Å². The topological polar surface area (TPSA) is 24.5 Å². The summed E-state index contributed by atoms with van der Waals surface area (Å²) in [5, 5.41) is 6.20. The van der Waals surface area contributed by atoms with E-state index in [1.807, 2.05) is 0 Å². The first-order valence-corrected chi connectivity index (χ1v) is 12.7. The van der Waals surface area contributed by atoms with Crippen LogP contribution in [0.15, 0.2) is 30.3 Å². The lowest BCUT2D eigenvalue weighted by Crippen LogP contribution is -2.62. The van der Waals surface area contributed by atoms with Crippen molar-refractivity contribution in [3.8, 4) is 0 Å². The van der Waals surface area contributed by atoms with Crippen LogP contribution in [0.5, 0.6) is 0 Å². The fourth-order valence-corrected chi connectivity index (χ4v) is 5.58. The third-order valence-corrected chi connectivity index (χ3v) is 7.40. The van der Waals surface area contributed by atoms with Gasteiger partial charge < -0.3 is 10.1 Å². The molecule has 1 N–H and O–H groups in total. The van der Waals surface area contributed by atoms with Gasteiger partial charge in [-0.1, -0.05) is 43.7 Å². The molecule has 2 heterocycles. The van der Waals surface area contributed by atoms with Gasteiger partial charge in [0.1, 0.15) is 6.04 Å². The van der Waals surface area contributed by atoms with E-state index in [0.29, 0.717) is 6.23 Å². The van der Waals surface area contributed by atoms with Crippen molar-refractivity contribution in [1.82, 2.24) is 10.3 Å². The van der Waals surface area contributed by atoms with Gasteiger partial charge in [-0.15, -0.1) is 5.01 Å². The highest BCUT2D eigenvalue weighted by Gasteiger charge is 2.52. The quantitative estimate of drug-likeness (QED) is 0.336. The maximum atomic E-state index is 6.41. The van der Waals surface area contributed by atoms with Gasteiger partial charge in [0.2, 0.25) is 0 Å². The number of hydrogen-bond acceptors (Lipinski definition) is 3. The van der Waals surface area contributed by atoms with Crippen LogP contribution in [-0.2, 0) is 11.2 Å². The monoisotopic (exact) mass is 416 g/mol. The average molecular weight is 417 g/mol. The molecule has 2 fully saturated rings. The largest absolute Gasteiger partial charge is 0.358 e. The Kier molecular flexibility index (Phi) is 10.1. The second kappa shape index (κ2) is 12.8. The van der Waals surface area contributed by atoms with Crippen LogP contribution in [0.25, 0.3) is 0 Å². The Balaban J connectivity index is 1.27. The second-order valence-corrected chi connectivity index (χ2v) is 9.47. The highest BCUT2D eigenvalue weighted by molar-refractivity contribution is 5.14. The summed E-state index contributed by atoms with van der Waals surface area (Å²) >= 11 is 0. The van der Waals surface area contributed by atoms with E-state index in [0.717, 1.165) is 32.2 Å². The van der Waals surface area contributed by atoms with E-state index in [1.165, 1.54) is 87.5 Å². The summed E-state index contributed by atoms with van der Waals surface area (Å²) in [5.74, 6) is 0. The van der Waals surface area contributed by atoms with Crippen LogP contribution >= 0.6 is 0 Å². The van der Waals surface area contributed by atoms with Crippen molar-refractivity contribution in [1.29, 1.82) is 0 Å². The number of nitrogens with one attached hydrogen (secondary N) is 1. The van der Waals surface area contributed by atoms with Gasteiger partial charge in [-0.3, -0.25) is 0 Å². The Labute approximate surface area is 185 Å². The number of hydrogen-bond donors (Lipinski definition) is 1. The van der Waals surface area contributed by atoms with E-state index in [4.69, 9.17) is 4.74 Å². The van der Waals surface area contributed by atoms with Gasteiger partial charge in [0.05, 0.1) is 13.1 Å². The van der Waals surface area contributed by atoms with Crippen molar-refractivity contribution in [2.24, 2.45) is 0 Å². The zero-order valence-corrected chi connectivity index (χ0v) is 19.7. The van der Waals surface area contributed by atoms with Crippen LogP contribution < -0.4 is 5.32 Å². The van der Waals surface area contributed by atoms with Gasteiger partial charge in [0.25, 0.3) is 0 Å². The molecule has 3 rings (SSSR count). The van der Waals surface area contributed by atoms with Crippen molar-refractivity contribution in [3.63, 3.8) is 0 Å². The molecule has 0 aromatic heterocycles. The lowest BCUT2D eigenvalue weighted by Gasteiger charge is -2.46. The predicted molar refractivity (Wildman–Crippen MR) is 126 cm³/mol. The number of ether oxygens (including phenoxy) is 1. The summed E-state index contributed by atoms with van der Waals surface area (Å²) in [5.41, 5.74) is 1.44. The normalized spacial score (nSPS) is 26.7. The summed E-state index contributed by atoms with van der Waals surface area (Å²) in [4.78, 5) is 0. The third kappa shape index (κ3) is 6.53. The SMILES string of the molecule is CCCCC[N+]12CCCCC1CC(OCCCCNCCCc1ccccc1)N2C. The average Bonchev–Trinajstić information content (AvgIpc) is 3.05. The molecule has 4 nitrogen and oxygen atoms in total. The van der Waals surface area contributed by atoms with Crippen LogP contribution in [0.3, 0.4) is 0 Å². The van der Waals surface area contributed by atoms with E-state index in [9.17, 15) is 0 Å². The Hall–Kier alpha value is -0.940. The summed E-state index contributed by atoms with van der Waals surface area (Å²) in [7, 11) is 2.33. The lowest BCUT2D eigenvalue weighted by atomic mass is 9.99. The van der Waals surface area contributed by atoms with Gasteiger partial charge in [0, 0.05) is 26.5 Å². The van der Waals surface area contributed by atoms with Crippen molar-refractivity contribution in [3.05, 3.63) is 35.9 Å². The van der Waals surface area contributed by atoms with E-state index in [2.05, 4.69) is 54.6 Å². The Morgan fingerprint density at radius 1 is 1.03 bits per heavy atom. The van der Waals surface area contributed by atoms with Gasteiger partial charge in [-0.05, 0) is 70.0 Å². The number of aryl methyl sites for hydroxylation is 1. The first-order chi connectivity index (χ1) is 14.8. The van der Waals surface area contributed by atoms with Crippen LogP contribution in [0.2, 0.25) is 0 Å². The number of benzene rings is 1. The molecule has 1 aromatic carbocycles. The maximum Gasteiger partial charge on any atom is 0.161 e. The van der Waals surface area contributed by atoms with Gasteiger partial charge in [0.15, 0.2) is 6.23 Å². The molecule has 1 aromatic rings. The first kappa shape index (κ1) is 23.7. The molecule has 4 heteroatoms. The molecule has 3 unspecified atom stereocenters. The minimum Gasteiger partial charge on any atom is -0.358 e. The third-order valence-electron chi connectivity index (χ3n) is 7.40. The molecule has 0 saturated carbocycles. The zero-order valence-electron chi connectivity index (χ0n) is 19.7. The molecule has 0 radical (unpaired) electrons. The van der Waals surface area contributed by atoms with Crippen LogP contribution in [0.1, 0.15) is 76.7 Å². The van der Waals surface area contributed by atoms with Gasteiger partial charge in [-0.25, -0.2) is 4.59 Å². The van der Waals surface area contributed by atoms with Crippen molar-refractivity contribution in [2.45, 2.75) is 89.8 Å². The van der Waals surface area contributed by atoms with E-state index in [1.54, 1.807) is 0 Å². The molecule has 3 atom stereocenters. The number of fused-ring (bicyclic) bond motifs is 1. The molecular formula is C26H46N3O+. The molecule has 0 bridgehead atoms. The highest BCUT2D eigenvalue weighted by atomic mass is 16.5. The summed E-state index contributed by atoms with van der Waals surface area (Å²) < 4.78 is 7.62. The summed E-state index contributed by atoms with van der Waals surface area (Å²) in [6.45, 7) is 8.09. The van der Waals surface area contributed by atoms with Crippen molar-refractivity contribution in [2.75, 3.05) is 39.8 Å². The lowest BCUT2D eigenvalue weighted by molar-refractivity contribution is -1.05. The highest BCUT2D eigenvalue weighted by Crippen LogP contribution is 2.39. The van der Waals surface area contributed by atoms with E-state index in [-0.39, 0.29) is 0 Å². The number of piperidine rings is 1. The Bertz CT molecular complexity index is 581. The second-order valence-electron chi connectivity index (χ2n) is 9.47. The maximum absolute atomic E-state index is 6.41. The molecule has 2 saturated heterocycles. The Morgan fingerprint density at radius 3 is 2.70 bits per heavy atom. The minimum atomic E-state index is 0.327. The molecule has 0 spiro atoms. The summed E-state index contributed by atoms with van der Waals surface area (Å²) in [6.07, 6.45) is 14.6. The molecule has 30 heavy (non-hydrogen) atoms. The van der Waals surface area contributed by atoms with Gasteiger partial charge >= 0.3 is 0 Å². The van der Waals surface area contributed by atoms with Crippen LogP contribution in [-0.4, -0.2) is 61.7 Å². The number of nitrogens with zero attached hydrogens (tertiary/aromatic N) is 2. The Morgan fingerprint density at radius 2 is 1.87 bits per heavy atom. The molecule has 0 amide bonds. The van der Waals surface area contributed by atoms with Crippen LogP contribution in [0.4, 0.5) is 0 Å². The smallest absolute Gasteiger partial charge is 0.161 e. The number of rotatable bonds is 14. The number of quaternary nitrogens is 1. The predicted octanol–water partition coefficient (Wildman–Crippen LogP) is 5.14. The van der Waals surface area contributed by atoms with E-state index >= 15 is 0 Å². The molecule has 170 valence electrons. The van der Waals surface area contributed by atoms with Gasteiger partial charge in [-0.2, -0.15) is 0 Å². The molecular weight excluding hydrogens is 370 g/mol. The van der Waals surface area contributed by atoms with E-state index < -0.39 is 0 Å². The molecule has 0 aliphatic carbocycles. The fourth-order valence-electron chi connectivity index (χ4n) is 5.58. The fraction of sp³-hybridized carbons (Fsp3) is 0.769. The van der Waals surface area contributed by atoms with Crippen molar-refractivity contribution < 1.29 is 9.33 Å². The zero-order chi connectivity index (χ0) is 21.1.